The number of hydrogen-bond acceptors (Lipinski definition) is 3. The first-order valence-electron chi connectivity index (χ1n) is 10.1. The lowest BCUT2D eigenvalue weighted by Crippen LogP contribution is -2.37. The maximum atomic E-state index is 12.6. The van der Waals surface area contributed by atoms with Gasteiger partial charge in [0.1, 0.15) is 6.33 Å². The maximum Gasteiger partial charge on any atom is 0.251 e. The summed E-state index contributed by atoms with van der Waals surface area (Å²) in [5, 5.41) is 8.63. The van der Waals surface area contributed by atoms with Crippen molar-refractivity contribution in [3.8, 4) is 0 Å². The molecule has 142 valence electrons. The van der Waals surface area contributed by atoms with Gasteiger partial charge in [0.25, 0.3) is 5.91 Å². The van der Waals surface area contributed by atoms with Gasteiger partial charge < -0.3 is 5.32 Å². The summed E-state index contributed by atoms with van der Waals surface area (Å²) in [5.74, 6) is 3.67. The molecule has 3 aliphatic rings. The molecule has 1 unspecified atom stereocenters. The number of nitrogens with one attached hydrogen (secondary N) is 1. The Bertz CT molecular complexity index is 832. The summed E-state index contributed by atoms with van der Waals surface area (Å²) in [5.41, 5.74) is 0.678. The van der Waals surface area contributed by atoms with E-state index < -0.39 is 0 Å². The molecule has 1 amide bonds. The summed E-state index contributed by atoms with van der Waals surface area (Å²) < 4.78 is 2.10. The number of halogens is 1. The molecule has 1 N–H and O–H groups in total. The van der Waals surface area contributed by atoms with E-state index in [0.717, 1.165) is 25.1 Å². The van der Waals surface area contributed by atoms with Crippen molar-refractivity contribution < 1.29 is 4.79 Å². The molecule has 3 saturated carbocycles. The molecule has 3 aliphatic carbocycles. The van der Waals surface area contributed by atoms with Crippen molar-refractivity contribution in [3.63, 3.8) is 0 Å². The molecule has 0 aliphatic heterocycles. The van der Waals surface area contributed by atoms with Gasteiger partial charge in [-0.3, -0.25) is 4.79 Å². The van der Waals surface area contributed by atoms with Crippen LogP contribution in [0.4, 0.5) is 0 Å². The van der Waals surface area contributed by atoms with Crippen molar-refractivity contribution >= 4 is 17.5 Å². The Morgan fingerprint density at radius 1 is 1.26 bits per heavy atom. The number of carbonyl (C=O) groups excluding carboxylic acids is 1. The maximum absolute atomic E-state index is 12.6. The molecule has 3 fully saturated rings. The fraction of sp³-hybridized carbons (Fsp3) is 0.571. The summed E-state index contributed by atoms with van der Waals surface area (Å²) in [6.45, 7) is 2.16. The lowest BCUT2D eigenvalue weighted by Gasteiger charge is -2.21. The first kappa shape index (κ1) is 17.2. The second-order valence-electron chi connectivity index (χ2n) is 8.38. The molecule has 0 saturated heterocycles. The molecule has 5 rings (SSSR count). The van der Waals surface area contributed by atoms with Crippen molar-refractivity contribution in [2.24, 2.45) is 17.8 Å². The van der Waals surface area contributed by atoms with E-state index in [1.165, 1.54) is 12.8 Å². The van der Waals surface area contributed by atoms with Crippen molar-refractivity contribution in [1.29, 1.82) is 0 Å². The molecule has 1 aromatic carbocycles. The van der Waals surface area contributed by atoms with E-state index in [2.05, 4.69) is 21.9 Å². The van der Waals surface area contributed by atoms with Crippen LogP contribution in [-0.4, -0.2) is 26.7 Å². The van der Waals surface area contributed by atoms with Crippen LogP contribution >= 0.6 is 11.6 Å². The number of amides is 1. The fourth-order valence-corrected chi connectivity index (χ4v) is 5.12. The van der Waals surface area contributed by atoms with Crippen LogP contribution in [0, 0.1) is 17.8 Å². The Hall–Kier alpha value is -1.88. The quantitative estimate of drug-likeness (QED) is 0.811. The summed E-state index contributed by atoms with van der Waals surface area (Å²) >= 11 is 5.92. The third-order valence-corrected chi connectivity index (χ3v) is 6.91. The molecule has 27 heavy (non-hydrogen) atoms. The number of carbonyl (C=O) groups is 1. The van der Waals surface area contributed by atoms with E-state index in [1.807, 2.05) is 6.33 Å². The van der Waals surface area contributed by atoms with E-state index in [1.54, 1.807) is 24.3 Å². The fourth-order valence-electron chi connectivity index (χ4n) is 4.99. The molecular formula is C21H25ClN4O. The zero-order chi connectivity index (χ0) is 18.5. The second-order valence-corrected chi connectivity index (χ2v) is 8.82. The number of hydrogen-bond donors (Lipinski definition) is 1. The molecule has 5 nitrogen and oxygen atoms in total. The Kier molecular flexibility index (Phi) is 4.23. The number of rotatable bonds is 6. The highest BCUT2D eigenvalue weighted by Crippen LogP contribution is 2.62. The lowest BCUT2D eigenvalue weighted by atomic mass is 9.99. The second kappa shape index (κ2) is 6.62. The van der Waals surface area contributed by atoms with Gasteiger partial charge >= 0.3 is 0 Å². The van der Waals surface area contributed by atoms with E-state index >= 15 is 0 Å². The minimum Gasteiger partial charge on any atom is -0.349 e. The Balaban J connectivity index is 1.19. The monoisotopic (exact) mass is 384 g/mol. The van der Waals surface area contributed by atoms with E-state index in [0.29, 0.717) is 40.3 Å². The minimum atomic E-state index is 0.00499. The van der Waals surface area contributed by atoms with E-state index in [-0.39, 0.29) is 11.9 Å². The number of benzene rings is 1. The summed E-state index contributed by atoms with van der Waals surface area (Å²) in [4.78, 5) is 17.1. The van der Waals surface area contributed by atoms with Crippen LogP contribution in [0.5, 0.6) is 0 Å². The normalized spacial score (nSPS) is 30.0. The number of aromatic nitrogens is 3. The molecule has 2 aromatic rings. The molecule has 0 bridgehead atoms. The average molecular weight is 385 g/mol. The third kappa shape index (κ3) is 3.27. The zero-order valence-electron chi connectivity index (χ0n) is 15.5. The highest BCUT2D eigenvalue weighted by Gasteiger charge is 2.59. The summed E-state index contributed by atoms with van der Waals surface area (Å²) in [6.07, 6.45) is 7.71. The molecule has 1 aromatic heterocycles. The molecule has 0 radical (unpaired) electrons. The van der Waals surface area contributed by atoms with Crippen LogP contribution in [0.25, 0.3) is 0 Å². The first-order valence-corrected chi connectivity index (χ1v) is 10.5. The predicted octanol–water partition coefficient (Wildman–Crippen LogP) is 4.21. The van der Waals surface area contributed by atoms with E-state index in [4.69, 9.17) is 16.7 Å². The van der Waals surface area contributed by atoms with Crippen LogP contribution in [0.15, 0.2) is 30.6 Å². The van der Waals surface area contributed by atoms with Crippen LogP contribution < -0.4 is 5.32 Å². The van der Waals surface area contributed by atoms with Gasteiger partial charge in [0.05, 0.1) is 6.04 Å². The number of fused-ring (bicyclic) bond motifs is 1. The summed E-state index contributed by atoms with van der Waals surface area (Å²) in [7, 11) is 0. The third-order valence-electron chi connectivity index (χ3n) is 6.66. The van der Waals surface area contributed by atoms with E-state index in [9.17, 15) is 4.79 Å². The van der Waals surface area contributed by atoms with Gasteiger partial charge in [0.2, 0.25) is 0 Å². The highest BCUT2D eigenvalue weighted by molar-refractivity contribution is 6.30. The zero-order valence-corrected chi connectivity index (χ0v) is 16.3. The van der Waals surface area contributed by atoms with Crippen LogP contribution in [0.2, 0.25) is 5.02 Å². The smallest absolute Gasteiger partial charge is 0.251 e. The van der Waals surface area contributed by atoms with Crippen molar-refractivity contribution in [3.05, 3.63) is 47.0 Å². The SMILES string of the molecule is CCC(NC(=O)c1ccc(Cl)cc1)[C@H]1[C@@H]2C[C@@H](n3cnc(C4CC4)n3)C[C@@H]21. The van der Waals surface area contributed by atoms with Gasteiger partial charge in [-0.05, 0) is 74.1 Å². The first-order chi connectivity index (χ1) is 13.1. The molecule has 5 atom stereocenters. The Morgan fingerprint density at radius 2 is 1.96 bits per heavy atom. The van der Waals surface area contributed by atoms with Gasteiger partial charge in [-0.2, -0.15) is 5.10 Å². The minimum absolute atomic E-state index is 0.00499. The van der Waals surface area contributed by atoms with Crippen molar-refractivity contribution in [1.82, 2.24) is 20.1 Å². The topological polar surface area (TPSA) is 59.8 Å². The Morgan fingerprint density at radius 3 is 2.59 bits per heavy atom. The summed E-state index contributed by atoms with van der Waals surface area (Å²) in [6, 6.07) is 7.85. The lowest BCUT2D eigenvalue weighted by molar-refractivity contribution is 0.0926. The van der Waals surface area contributed by atoms with Gasteiger partial charge in [-0.15, -0.1) is 0 Å². The van der Waals surface area contributed by atoms with Gasteiger partial charge in [0, 0.05) is 22.5 Å². The average Bonchev–Trinajstić information content (AvgIpc) is 3.53. The van der Waals surface area contributed by atoms with Crippen molar-refractivity contribution in [2.75, 3.05) is 0 Å². The van der Waals surface area contributed by atoms with Gasteiger partial charge in [-0.1, -0.05) is 18.5 Å². The number of nitrogens with zero attached hydrogens (tertiary/aromatic N) is 3. The largest absolute Gasteiger partial charge is 0.349 e. The van der Waals surface area contributed by atoms with Crippen LogP contribution in [0.1, 0.15) is 67.2 Å². The van der Waals surface area contributed by atoms with Crippen LogP contribution in [0.3, 0.4) is 0 Å². The molecular weight excluding hydrogens is 360 g/mol. The predicted molar refractivity (Wildman–Crippen MR) is 104 cm³/mol. The molecule has 6 heteroatoms. The van der Waals surface area contributed by atoms with Gasteiger partial charge in [0.15, 0.2) is 5.82 Å². The molecule has 1 heterocycles. The standard InChI is InChI=1S/C21H25ClN4O/c1-2-18(24-21(27)13-5-7-14(22)8-6-13)19-16-9-15(10-17(16)19)26-11-23-20(25-26)12-3-4-12/h5-8,11-12,15-19H,2-4,9-10H2,1H3,(H,24,27)/t15-,16-,17+,18?,19+. The van der Waals surface area contributed by atoms with Crippen LogP contribution in [-0.2, 0) is 0 Å². The highest BCUT2D eigenvalue weighted by atomic mass is 35.5. The van der Waals surface area contributed by atoms with Crippen molar-refractivity contribution in [2.45, 2.75) is 57.0 Å². The molecule has 0 spiro atoms. The van der Waals surface area contributed by atoms with Gasteiger partial charge in [-0.25, -0.2) is 9.67 Å². The Labute approximate surface area is 164 Å².